The summed E-state index contributed by atoms with van der Waals surface area (Å²) in [7, 11) is 0. The van der Waals surface area contributed by atoms with Gasteiger partial charge in [0.2, 0.25) is 0 Å². The third kappa shape index (κ3) is 7.00. The highest BCUT2D eigenvalue weighted by Gasteiger charge is 2.19. The van der Waals surface area contributed by atoms with Gasteiger partial charge in [0.1, 0.15) is 0 Å². The largest absolute Gasteiger partial charge is 0.481 e. The van der Waals surface area contributed by atoms with Crippen molar-refractivity contribution in [3.63, 3.8) is 0 Å². The molecule has 106 valence electrons. The summed E-state index contributed by atoms with van der Waals surface area (Å²) in [5.41, 5.74) is 0. The Morgan fingerprint density at radius 1 is 1.11 bits per heavy atom. The summed E-state index contributed by atoms with van der Waals surface area (Å²) < 4.78 is 0. The second-order valence-corrected chi connectivity index (χ2v) is 5.70. The van der Waals surface area contributed by atoms with Gasteiger partial charge in [-0.3, -0.25) is 4.79 Å². The van der Waals surface area contributed by atoms with Crippen LogP contribution in [0.3, 0.4) is 0 Å². The van der Waals surface area contributed by atoms with Gasteiger partial charge in [0.05, 0.1) is 0 Å². The van der Waals surface area contributed by atoms with Gasteiger partial charge in [0.25, 0.3) is 0 Å². The van der Waals surface area contributed by atoms with Crippen LogP contribution in [0.4, 0.5) is 0 Å². The van der Waals surface area contributed by atoms with Crippen LogP contribution in [0.2, 0.25) is 0 Å². The van der Waals surface area contributed by atoms with Gasteiger partial charge < -0.3 is 10.4 Å². The van der Waals surface area contributed by atoms with E-state index in [0.29, 0.717) is 6.42 Å². The van der Waals surface area contributed by atoms with Crippen molar-refractivity contribution in [3.05, 3.63) is 0 Å². The Balaban J connectivity index is 1.88. The van der Waals surface area contributed by atoms with Gasteiger partial charge in [-0.2, -0.15) is 0 Å². The van der Waals surface area contributed by atoms with Gasteiger partial charge in [-0.25, -0.2) is 0 Å². The van der Waals surface area contributed by atoms with E-state index >= 15 is 0 Å². The molecule has 2 N–H and O–H groups in total. The maximum absolute atomic E-state index is 10.3. The standard InChI is InChI=1S/C15H29NO2/c1-2-13-7-9-14(10-8-13)12-16-11-5-3-4-6-15(17)18/h13-14,16H,2-12H2,1H3,(H,17,18). The Hall–Kier alpha value is -0.570. The normalized spacial score (nSPS) is 24.1. The smallest absolute Gasteiger partial charge is 0.303 e. The molecule has 1 aliphatic rings. The van der Waals surface area contributed by atoms with Crippen LogP contribution >= 0.6 is 0 Å². The van der Waals surface area contributed by atoms with Gasteiger partial charge >= 0.3 is 5.97 Å². The highest BCUT2D eigenvalue weighted by Crippen LogP contribution is 2.29. The van der Waals surface area contributed by atoms with Crippen LogP contribution in [0, 0.1) is 11.8 Å². The van der Waals surface area contributed by atoms with Crippen LogP contribution in [0.15, 0.2) is 0 Å². The lowest BCUT2D eigenvalue weighted by molar-refractivity contribution is -0.137. The first-order valence-corrected chi connectivity index (χ1v) is 7.64. The van der Waals surface area contributed by atoms with Crippen molar-refractivity contribution < 1.29 is 9.90 Å². The summed E-state index contributed by atoms with van der Waals surface area (Å²) in [4.78, 5) is 10.3. The van der Waals surface area contributed by atoms with E-state index in [2.05, 4.69) is 12.2 Å². The first kappa shape index (κ1) is 15.5. The van der Waals surface area contributed by atoms with Gasteiger partial charge in [-0.05, 0) is 50.6 Å². The summed E-state index contributed by atoms with van der Waals surface area (Å²) >= 11 is 0. The van der Waals surface area contributed by atoms with Crippen LogP contribution < -0.4 is 5.32 Å². The van der Waals surface area contributed by atoms with E-state index < -0.39 is 5.97 Å². The fourth-order valence-electron chi connectivity index (χ4n) is 2.85. The molecule has 18 heavy (non-hydrogen) atoms. The highest BCUT2D eigenvalue weighted by molar-refractivity contribution is 5.66. The van der Waals surface area contributed by atoms with E-state index in [4.69, 9.17) is 5.11 Å². The number of carbonyl (C=O) groups is 1. The molecule has 1 aliphatic carbocycles. The molecule has 0 saturated heterocycles. The van der Waals surface area contributed by atoms with Crippen LogP contribution in [-0.4, -0.2) is 24.2 Å². The predicted octanol–water partition coefficient (Wildman–Crippen LogP) is 3.44. The molecule has 1 saturated carbocycles. The van der Waals surface area contributed by atoms with E-state index in [1.807, 2.05) is 0 Å². The Labute approximate surface area is 111 Å². The molecular formula is C15H29NO2. The third-order valence-corrected chi connectivity index (χ3v) is 4.22. The van der Waals surface area contributed by atoms with Crippen molar-refractivity contribution in [2.24, 2.45) is 11.8 Å². The number of hydrogen-bond acceptors (Lipinski definition) is 2. The number of hydrogen-bond donors (Lipinski definition) is 2. The van der Waals surface area contributed by atoms with Crippen molar-refractivity contribution >= 4 is 5.97 Å². The number of rotatable bonds is 9. The van der Waals surface area contributed by atoms with Crippen LogP contribution in [0.1, 0.15) is 64.7 Å². The number of nitrogens with one attached hydrogen (secondary N) is 1. The molecule has 0 aromatic carbocycles. The summed E-state index contributed by atoms with van der Waals surface area (Å²) in [6.45, 7) is 4.52. The van der Waals surface area contributed by atoms with Crippen LogP contribution in [-0.2, 0) is 4.79 Å². The van der Waals surface area contributed by atoms with Crippen LogP contribution in [0.5, 0.6) is 0 Å². The van der Waals surface area contributed by atoms with Crippen LogP contribution in [0.25, 0.3) is 0 Å². The molecule has 0 heterocycles. The monoisotopic (exact) mass is 255 g/mol. The minimum Gasteiger partial charge on any atom is -0.481 e. The second kappa shape index (κ2) is 9.37. The molecule has 1 rings (SSSR count). The molecule has 0 amide bonds. The molecule has 0 aromatic heterocycles. The number of carboxylic acid groups (broad SMARTS) is 1. The molecular weight excluding hydrogens is 226 g/mol. The van der Waals surface area contributed by atoms with E-state index in [1.165, 1.54) is 32.1 Å². The Morgan fingerprint density at radius 2 is 1.78 bits per heavy atom. The average molecular weight is 255 g/mol. The topological polar surface area (TPSA) is 49.3 Å². The number of aliphatic carboxylic acids is 1. The highest BCUT2D eigenvalue weighted by atomic mass is 16.4. The first-order chi connectivity index (χ1) is 8.72. The fraction of sp³-hybridized carbons (Fsp3) is 0.933. The van der Waals surface area contributed by atoms with E-state index in [-0.39, 0.29) is 0 Å². The lowest BCUT2D eigenvalue weighted by Gasteiger charge is -2.27. The first-order valence-electron chi connectivity index (χ1n) is 7.64. The quantitative estimate of drug-likeness (QED) is 0.620. The number of carboxylic acids is 1. The van der Waals surface area contributed by atoms with Crippen molar-refractivity contribution in [2.45, 2.75) is 64.7 Å². The zero-order chi connectivity index (χ0) is 13.2. The predicted molar refractivity (Wildman–Crippen MR) is 74.7 cm³/mol. The summed E-state index contributed by atoms with van der Waals surface area (Å²) in [5, 5.41) is 12.0. The maximum atomic E-state index is 10.3. The lowest BCUT2D eigenvalue weighted by atomic mass is 9.81. The molecule has 1 fully saturated rings. The molecule has 0 aromatic rings. The summed E-state index contributed by atoms with van der Waals surface area (Å²) in [5.74, 6) is 1.19. The maximum Gasteiger partial charge on any atom is 0.303 e. The summed E-state index contributed by atoms with van der Waals surface area (Å²) in [6.07, 6.45) is 10.3. The molecule has 3 nitrogen and oxygen atoms in total. The Kier molecular flexibility index (Phi) is 8.06. The van der Waals surface area contributed by atoms with E-state index in [9.17, 15) is 4.79 Å². The third-order valence-electron chi connectivity index (χ3n) is 4.22. The van der Waals surface area contributed by atoms with E-state index in [0.717, 1.165) is 44.2 Å². The molecule has 0 aliphatic heterocycles. The van der Waals surface area contributed by atoms with Gasteiger partial charge in [-0.15, -0.1) is 0 Å². The van der Waals surface area contributed by atoms with Crippen molar-refractivity contribution in [1.82, 2.24) is 5.32 Å². The zero-order valence-corrected chi connectivity index (χ0v) is 11.8. The molecule has 0 bridgehead atoms. The summed E-state index contributed by atoms with van der Waals surface area (Å²) in [6, 6.07) is 0. The minimum absolute atomic E-state index is 0.320. The van der Waals surface area contributed by atoms with Crippen molar-refractivity contribution in [3.8, 4) is 0 Å². The van der Waals surface area contributed by atoms with E-state index in [1.54, 1.807) is 0 Å². The molecule has 0 spiro atoms. The average Bonchev–Trinajstić information content (AvgIpc) is 2.38. The zero-order valence-electron chi connectivity index (χ0n) is 11.8. The molecule has 0 atom stereocenters. The lowest BCUT2D eigenvalue weighted by Crippen LogP contribution is -2.27. The molecule has 3 heteroatoms. The van der Waals surface area contributed by atoms with Crippen molar-refractivity contribution in [1.29, 1.82) is 0 Å². The molecule has 0 radical (unpaired) electrons. The SMILES string of the molecule is CCC1CCC(CNCCCCCC(=O)O)CC1. The van der Waals surface area contributed by atoms with Gasteiger partial charge in [-0.1, -0.05) is 32.6 Å². The minimum atomic E-state index is -0.671. The second-order valence-electron chi connectivity index (χ2n) is 5.70. The fourth-order valence-corrected chi connectivity index (χ4v) is 2.85. The number of unbranched alkanes of at least 4 members (excludes halogenated alkanes) is 2. The Morgan fingerprint density at radius 3 is 2.39 bits per heavy atom. The Bertz CT molecular complexity index is 223. The van der Waals surface area contributed by atoms with Crippen molar-refractivity contribution in [2.75, 3.05) is 13.1 Å². The van der Waals surface area contributed by atoms with Gasteiger partial charge in [0.15, 0.2) is 0 Å². The molecule has 0 unspecified atom stereocenters. The van der Waals surface area contributed by atoms with Gasteiger partial charge in [0, 0.05) is 6.42 Å².